The quantitative estimate of drug-likeness (QED) is 0.901. The van der Waals surface area contributed by atoms with Gasteiger partial charge in [-0.2, -0.15) is 0 Å². The highest BCUT2D eigenvalue weighted by molar-refractivity contribution is 5.76. The maximum Gasteiger partial charge on any atom is 0.220 e. The summed E-state index contributed by atoms with van der Waals surface area (Å²) < 4.78 is 0. The highest BCUT2D eigenvalue weighted by atomic mass is 16.1. The van der Waals surface area contributed by atoms with Gasteiger partial charge in [-0.1, -0.05) is 19.8 Å². The molecule has 0 spiro atoms. The van der Waals surface area contributed by atoms with Crippen molar-refractivity contribution in [3.63, 3.8) is 0 Å². The summed E-state index contributed by atoms with van der Waals surface area (Å²) in [5.74, 6) is 2.76. The average molecular weight is 330 g/mol. The van der Waals surface area contributed by atoms with E-state index >= 15 is 0 Å². The van der Waals surface area contributed by atoms with Crippen LogP contribution in [0.5, 0.6) is 0 Å². The molecule has 1 aromatic rings. The third-order valence-electron chi connectivity index (χ3n) is 5.37. The van der Waals surface area contributed by atoms with Gasteiger partial charge in [0.1, 0.15) is 11.6 Å². The first kappa shape index (κ1) is 17.2. The van der Waals surface area contributed by atoms with Gasteiger partial charge < -0.3 is 10.2 Å². The van der Waals surface area contributed by atoms with Crippen molar-refractivity contribution < 1.29 is 4.79 Å². The van der Waals surface area contributed by atoms with Gasteiger partial charge in [-0.25, -0.2) is 9.97 Å². The van der Waals surface area contributed by atoms with Crippen molar-refractivity contribution in [2.24, 2.45) is 5.92 Å². The minimum atomic E-state index is 0.256. The fourth-order valence-electron chi connectivity index (χ4n) is 3.97. The van der Waals surface area contributed by atoms with Gasteiger partial charge in [0.25, 0.3) is 0 Å². The number of nitrogens with one attached hydrogen (secondary N) is 1. The van der Waals surface area contributed by atoms with Crippen LogP contribution in [0.2, 0.25) is 0 Å². The number of amides is 1. The fourth-order valence-corrected chi connectivity index (χ4v) is 3.97. The van der Waals surface area contributed by atoms with Gasteiger partial charge in [0, 0.05) is 37.3 Å². The van der Waals surface area contributed by atoms with Crippen LogP contribution < -0.4 is 10.2 Å². The summed E-state index contributed by atoms with van der Waals surface area (Å²) >= 11 is 0. The molecule has 132 valence electrons. The smallest absolute Gasteiger partial charge is 0.220 e. The maximum absolute atomic E-state index is 12.2. The van der Waals surface area contributed by atoms with Crippen LogP contribution in [0.25, 0.3) is 0 Å². The summed E-state index contributed by atoms with van der Waals surface area (Å²) in [5.41, 5.74) is 1.10. The molecule has 1 N–H and O–H groups in total. The standard InChI is InChI=1S/C19H30N4O/c1-3-16-13-18(21-14(2)20-16)23-10-8-17(9-11-23)22-19(24)12-15-6-4-5-7-15/h13,15,17H,3-12H2,1-2H3,(H,22,24). The lowest BCUT2D eigenvalue weighted by molar-refractivity contribution is -0.122. The Labute approximate surface area is 145 Å². The van der Waals surface area contributed by atoms with E-state index in [1.165, 1.54) is 25.7 Å². The Morgan fingerprint density at radius 1 is 1.21 bits per heavy atom. The molecule has 1 saturated heterocycles. The molecule has 1 aliphatic carbocycles. The number of nitrogens with zero attached hydrogens (tertiary/aromatic N) is 3. The van der Waals surface area contributed by atoms with Crippen LogP contribution in [-0.4, -0.2) is 35.0 Å². The zero-order chi connectivity index (χ0) is 16.9. The summed E-state index contributed by atoms with van der Waals surface area (Å²) in [6, 6.07) is 2.43. The third kappa shape index (κ3) is 4.46. The van der Waals surface area contributed by atoms with Crippen LogP contribution >= 0.6 is 0 Å². The maximum atomic E-state index is 12.2. The molecule has 24 heavy (non-hydrogen) atoms. The summed E-state index contributed by atoms with van der Waals surface area (Å²) in [4.78, 5) is 23.6. The predicted octanol–water partition coefficient (Wildman–Crippen LogP) is 3.01. The molecular formula is C19H30N4O. The SMILES string of the molecule is CCc1cc(N2CCC(NC(=O)CC3CCCC3)CC2)nc(C)n1. The van der Waals surface area contributed by atoms with E-state index in [4.69, 9.17) is 0 Å². The Hall–Kier alpha value is -1.65. The minimum absolute atomic E-state index is 0.256. The molecule has 2 aliphatic rings. The van der Waals surface area contributed by atoms with Crippen molar-refractivity contribution >= 4 is 11.7 Å². The summed E-state index contributed by atoms with van der Waals surface area (Å²) in [6.45, 7) is 5.98. The molecule has 1 saturated carbocycles. The lowest BCUT2D eigenvalue weighted by atomic mass is 10.0. The Morgan fingerprint density at radius 2 is 1.92 bits per heavy atom. The van der Waals surface area contributed by atoms with Gasteiger partial charge in [-0.15, -0.1) is 0 Å². The van der Waals surface area contributed by atoms with Crippen LogP contribution in [0.3, 0.4) is 0 Å². The topological polar surface area (TPSA) is 58.1 Å². The second-order valence-corrected chi connectivity index (χ2v) is 7.30. The van der Waals surface area contributed by atoms with E-state index in [-0.39, 0.29) is 5.91 Å². The Bertz CT molecular complexity index is 560. The number of carbonyl (C=O) groups is 1. The summed E-state index contributed by atoms with van der Waals surface area (Å²) in [5, 5.41) is 3.25. The Kier molecular flexibility index (Phi) is 5.69. The highest BCUT2D eigenvalue weighted by Crippen LogP contribution is 2.27. The summed E-state index contributed by atoms with van der Waals surface area (Å²) in [6.07, 6.45) is 8.73. The largest absolute Gasteiger partial charge is 0.356 e. The average Bonchev–Trinajstić information content (AvgIpc) is 3.07. The molecule has 5 heteroatoms. The van der Waals surface area contributed by atoms with Crippen molar-refractivity contribution in [3.05, 3.63) is 17.6 Å². The second kappa shape index (κ2) is 7.95. The highest BCUT2D eigenvalue weighted by Gasteiger charge is 2.24. The first-order chi connectivity index (χ1) is 11.6. The molecule has 1 aliphatic heterocycles. The first-order valence-corrected chi connectivity index (χ1v) is 9.53. The van der Waals surface area contributed by atoms with E-state index in [1.807, 2.05) is 6.92 Å². The van der Waals surface area contributed by atoms with Crippen LogP contribution in [-0.2, 0) is 11.2 Å². The normalized spacial score (nSPS) is 19.7. The zero-order valence-electron chi connectivity index (χ0n) is 15.1. The number of rotatable bonds is 5. The molecule has 5 nitrogen and oxygen atoms in total. The van der Waals surface area contributed by atoms with E-state index in [0.717, 1.165) is 56.1 Å². The number of hydrogen-bond acceptors (Lipinski definition) is 4. The number of aromatic nitrogens is 2. The summed E-state index contributed by atoms with van der Waals surface area (Å²) in [7, 11) is 0. The van der Waals surface area contributed by atoms with Gasteiger partial charge in [-0.05, 0) is 44.9 Å². The molecule has 1 aromatic heterocycles. The van der Waals surface area contributed by atoms with Gasteiger partial charge in [0.15, 0.2) is 0 Å². The van der Waals surface area contributed by atoms with E-state index in [9.17, 15) is 4.79 Å². The van der Waals surface area contributed by atoms with E-state index in [1.54, 1.807) is 0 Å². The number of piperidine rings is 1. The predicted molar refractivity (Wildman–Crippen MR) is 96.1 cm³/mol. The van der Waals surface area contributed by atoms with E-state index in [0.29, 0.717) is 12.0 Å². The Balaban J connectivity index is 1.48. The van der Waals surface area contributed by atoms with Gasteiger partial charge >= 0.3 is 0 Å². The zero-order valence-corrected chi connectivity index (χ0v) is 15.1. The van der Waals surface area contributed by atoms with Gasteiger partial charge in [-0.3, -0.25) is 4.79 Å². The van der Waals surface area contributed by atoms with Crippen molar-refractivity contribution in [1.82, 2.24) is 15.3 Å². The van der Waals surface area contributed by atoms with Gasteiger partial charge in [0.2, 0.25) is 5.91 Å². The molecule has 0 unspecified atom stereocenters. The number of hydrogen-bond donors (Lipinski definition) is 1. The molecule has 0 atom stereocenters. The molecule has 0 aromatic carbocycles. The first-order valence-electron chi connectivity index (χ1n) is 9.53. The van der Waals surface area contributed by atoms with Crippen molar-refractivity contribution in [2.45, 2.75) is 71.3 Å². The Morgan fingerprint density at radius 3 is 2.58 bits per heavy atom. The van der Waals surface area contributed by atoms with Gasteiger partial charge in [0.05, 0.1) is 0 Å². The molecule has 1 amide bonds. The molecule has 2 fully saturated rings. The molecule has 0 radical (unpaired) electrons. The van der Waals surface area contributed by atoms with Crippen LogP contribution in [0.4, 0.5) is 5.82 Å². The van der Waals surface area contributed by atoms with Crippen molar-refractivity contribution in [1.29, 1.82) is 0 Å². The minimum Gasteiger partial charge on any atom is -0.356 e. The van der Waals surface area contributed by atoms with Crippen LogP contribution in [0.15, 0.2) is 6.07 Å². The number of anilines is 1. The molecule has 2 heterocycles. The molecule has 0 bridgehead atoms. The molecular weight excluding hydrogens is 300 g/mol. The lowest BCUT2D eigenvalue weighted by Gasteiger charge is -2.33. The van der Waals surface area contributed by atoms with E-state index < -0.39 is 0 Å². The van der Waals surface area contributed by atoms with Crippen molar-refractivity contribution in [3.8, 4) is 0 Å². The van der Waals surface area contributed by atoms with Crippen molar-refractivity contribution in [2.75, 3.05) is 18.0 Å². The number of aryl methyl sites for hydroxylation is 2. The van der Waals surface area contributed by atoms with Crippen LogP contribution in [0.1, 0.15) is 63.4 Å². The van der Waals surface area contributed by atoms with Crippen LogP contribution in [0, 0.1) is 12.8 Å². The third-order valence-corrected chi connectivity index (χ3v) is 5.37. The second-order valence-electron chi connectivity index (χ2n) is 7.30. The fraction of sp³-hybridized carbons (Fsp3) is 0.737. The van der Waals surface area contributed by atoms with E-state index in [2.05, 4.69) is 33.2 Å². The lowest BCUT2D eigenvalue weighted by Crippen LogP contribution is -2.45. The molecule has 3 rings (SSSR count). The number of carbonyl (C=O) groups excluding carboxylic acids is 1. The monoisotopic (exact) mass is 330 g/mol.